The molecule has 0 aliphatic carbocycles. The molecule has 0 rings (SSSR count). The van der Waals surface area contributed by atoms with Crippen molar-refractivity contribution in [2.45, 2.75) is 73.3 Å². The Morgan fingerprint density at radius 2 is 1.70 bits per heavy atom. The zero-order chi connectivity index (χ0) is 18.2. The maximum Gasteiger partial charge on any atom is 0.223 e. The molecule has 3 N–H and O–H groups in total. The Labute approximate surface area is 143 Å². The Balaban J connectivity index is 5.05. The van der Waals surface area contributed by atoms with Gasteiger partial charge < -0.3 is 11.1 Å². The SMILES string of the molecule is C=C(N)C(=C)C(CC(C)CC)NC(=O)C(C)[C@H](CCC)C(C)C. The highest BCUT2D eigenvalue weighted by Gasteiger charge is 2.28. The van der Waals surface area contributed by atoms with Crippen molar-refractivity contribution in [2.75, 3.05) is 0 Å². The molecule has 0 aromatic rings. The van der Waals surface area contributed by atoms with Gasteiger partial charge in [-0.15, -0.1) is 0 Å². The largest absolute Gasteiger partial charge is 0.399 e. The molecule has 0 aromatic heterocycles. The molecule has 0 aliphatic rings. The van der Waals surface area contributed by atoms with E-state index in [1.807, 2.05) is 6.92 Å². The second-order valence-corrected chi connectivity index (χ2v) is 7.35. The molecule has 3 heteroatoms. The van der Waals surface area contributed by atoms with Crippen LogP contribution in [0.25, 0.3) is 0 Å². The Bertz CT molecular complexity index is 400. The predicted molar refractivity (Wildman–Crippen MR) is 101 cm³/mol. The summed E-state index contributed by atoms with van der Waals surface area (Å²) in [6, 6.07) is -0.119. The zero-order valence-corrected chi connectivity index (χ0v) is 16.1. The molecule has 0 aromatic carbocycles. The minimum absolute atomic E-state index is 0.00628. The van der Waals surface area contributed by atoms with E-state index in [4.69, 9.17) is 5.73 Å². The molecule has 0 saturated heterocycles. The summed E-state index contributed by atoms with van der Waals surface area (Å²) in [6.45, 7) is 20.8. The highest BCUT2D eigenvalue weighted by atomic mass is 16.1. The van der Waals surface area contributed by atoms with Gasteiger partial charge in [0, 0.05) is 11.6 Å². The quantitative estimate of drug-likeness (QED) is 0.544. The first-order chi connectivity index (χ1) is 10.6. The fourth-order valence-electron chi connectivity index (χ4n) is 3.07. The van der Waals surface area contributed by atoms with Gasteiger partial charge in [-0.2, -0.15) is 0 Å². The van der Waals surface area contributed by atoms with Crippen LogP contribution in [-0.2, 0) is 4.79 Å². The number of nitrogens with two attached hydrogens (primary N) is 1. The summed E-state index contributed by atoms with van der Waals surface area (Å²) in [5, 5.41) is 3.18. The van der Waals surface area contributed by atoms with Gasteiger partial charge in [0.1, 0.15) is 0 Å². The van der Waals surface area contributed by atoms with Gasteiger partial charge in [-0.1, -0.05) is 67.5 Å². The Morgan fingerprint density at radius 1 is 1.13 bits per heavy atom. The van der Waals surface area contributed by atoms with Crippen LogP contribution in [0.5, 0.6) is 0 Å². The summed E-state index contributed by atoms with van der Waals surface area (Å²) in [4.78, 5) is 12.7. The average molecular weight is 323 g/mol. The van der Waals surface area contributed by atoms with Crippen LogP contribution >= 0.6 is 0 Å². The first-order valence-corrected chi connectivity index (χ1v) is 9.09. The van der Waals surface area contributed by atoms with Crippen LogP contribution < -0.4 is 11.1 Å². The standard InChI is InChI=1S/C20H38N2O/c1-9-11-18(13(3)4)16(7)20(23)22-19(12-14(5)10-2)15(6)17(8)21/h13-14,16,18-19H,6,8-12,21H2,1-5,7H3,(H,22,23)/t14?,16?,18-,19?/m1/s1. The van der Waals surface area contributed by atoms with Crippen LogP contribution in [0.15, 0.2) is 24.4 Å². The smallest absolute Gasteiger partial charge is 0.223 e. The van der Waals surface area contributed by atoms with Crippen molar-refractivity contribution in [3.05, 3.63) is 24.4 Å². The lowest BCUT2D eigenvalue weighted by molar-refractivity contribution is -0.127. The average Bonchev–Trinajstić information content (AvgIpc) is 2.49. The molecule has 23 heavy (non-hydrogen) atoms. The van der Waals surface area contributed by atoms with Crippen LogP contribution in [0.3, 0.4) is 0 Å². The predicted octanol–water partition coefficient (Wildman–Crippen LogP) is 4.64. The second kappa shape index (κ2) is 10.5. The molecule has 1 amide bonds. The molecule has 3 nitrogen and oxygen atoms in total. The molecular formula is C20H38N2O. The zero-order valence-electron chi connectivity index (χ0n) is 16.1. The monoisotopic (exact) mass is 322 g/mol. The number of nitrogens with one attached hydrogen (secondary N) is 1. The fraction of sp³-hybridized carbons (Fsp3) is 0.750. The van der Waals surface area contributed by atoms with Gasteiger partial charge >= 0.3 is 0 Å². The summed E-state index contributed by atoms with van der Waals surface area (Å²) < 4.78 is 0. The molecule has 4 atom stereocenters. The molecule has 0 fully saturated rings. The number of amides is 1. The van der Waals surface area contributed by atoms with Crippen molar-refractivity contribution in [1.29, 1.82) is 0 Å². The van der Waals surface area contributed by atoms with Gasteiger partial charge in [0.2, 0.25) is 5.91 Å². The molecule has 0 radical (unpaired) electrons. The normalized spacial score (nSPS) is 16.5. The van der Waals surface area contributed by atoms with E-state index in [1.165, 1.54) is 0 Å². The number of carbonyl (C=O) groups excluding carboxylic acids is 1. The van der Waals surface area contributed by atoms with Gasteiger partial charge in [-0.3, -0.25) is 4.79 Å². The van der Waals surface area contributed by atoms with Gasteiger partial charge in [0.15, 0.2) is 0 Å². The Morgan fingerprint density at radius 3 is 2.09 bits per heavy atom. The van der Waals surface area contributed by atoms with Gasteiger partial charge in [0.25, 0.3) is 0 Å². The molecule has 134 valence electrons. The first-order valence-electron chi connectivity index (χ1n) is 9.09. The van der Waals surface area contributed by atoms with Crippen LogP contribution in [0.1, 0.15) is 67.2 Å². The number of hydrogen-bond acceptors (Lipinski definition) is 2. The van der Waals surface area contributed by atoms with E-state index in [9.17, 15) is 4.79 Å². The first kappa shape index (κ1) is 21.8. The summed E-state index contributed by atoms with van der Waals surface area (Å²) in [6.07, 6.45) is 4.09. The third-order valence-corrected chi connectivity index (χ3v) is 5.02. The van der Waals surface area contributed by atoms with Crippen molar-refractivity contribution >= 4 is 5.91 Å². The Hall–Kier alpha value is -1.25. The lowest BCUT2D eigenvalue weighted by Gasteiger charge is -2.30. The second-order valence-electron chi connectivity index (χ2n) is 7.35. The summed E-state index contributed by atoms with van der Waals surface area (Å²) >= 11 is 0. The van der Waals surface area contributed by atoms with Crippen LogP contribution in [0, 0.1) is 23.7 Å². The Kier molecular flexibility index (Phi) is 9.94. The van der Waals surface area contributed by atoms with Gasteiger partial charge in [-0.25, -0.2) is 0 Å². The van der Waals surface area contributed by atoms with Gasteiger partial charge in [0.05, 0.1) is 6.04 Å². The maximum absolute atomic E-state index is 12.7. The minimum atomic E-state index is -0.119. The molecular weight excluding hydrogens is 284 g/mol. The third-order valence-electron chi connectivity index (χ3n) is 5.02. The molecule has 0 saturated carbocycles. The summed E-state index contributed by atoms with van der Waals surface area (Å²) in [5.41, 5.74) is 7.01. The van der Waals surface area contributed by atoms with E-state index in [2.05, 4.69) is 53.1 Å². The number of rotatable bonds is 11. The van der Waals surface area contributed by atoms with E-state index in [1.54, 1.807) is 0 Å². The summed E-state index contributed by atoms with van der Waals surface area (Å²) in [5.74, 6) is 1.50. The molecule has 0 heterocycles. The van der Waals surface area contributed by atoms with E-state index >= 15 is 0 Å². The van der Waals surface area contributed by atoms with E-state index < -0.39 is 0 Å². The lowest BCUT2D eigenvalue weighted by atomic mass is 9.80. The molecule has 0 bridgehead atoms. The van der Waals surface area contributed by atoms with Crippen molar-refractivity contribution in [3.63, 3.8) is 0 Å². The fourth-order valence-corrected chi connectivity index (χ4v) is 3.07. The molecule has 0 aliphatic heterocycles. The van der Waals surface area contributed by atoms with Crippen molar-refractivity contribution in [1.82, 2.24) is 5.32 Å². The molecule has 3 unspecified atom stereocenters. The number of carbonyl (C=O) groups is 1. The lowest BCUT2D eigenvalue weighted by Crippen LogP contribution is -2.43. The highest BCUT2D eigenvalue weighted by molar-refractivity contribution is 5.79. The topological polar surface area (TPSA) is 55.1 Å². The van der Waals surface area contributed by atoms with Crippen molar-refractivity contribution in [3.8, 4) is 0 Å². The van der Waals surface area contributed by atoms with E-state index in [0.717, 1.165) is 31.3 Å². The number of hydrogen-bond donors (Lipinski definition) is 2. The minimum Gasteiger partial charge on any atom is -0.399 e. The third kappa shape index (κ3) is 7.24. The van der Waals surface area contributed by atoms with Crippen LogP contribution in [0.2, 0.25) is 0 Å². The van der Waals surface area contributed by atoms with E-state index in [-0.39, 0.29) is 17.9 Å². The van der Waals surface area contributed by atoms with Crippen LogP contribution in [0.4, 0.5) is 0 Å². The highest BCUT2D eigenvalue weighted by Crippen LogP contribution is 2.27. The maximum atomic E-state index is 12.7. The van der Waals surface area contributed by atoms with Gasteiger partial charge in [-0.05, 0) is 36.2 Å². The van der Waals surface area contributed by atoms with Crippen molar-refractivity contribution < 1.29 is 4.79 Å². The summed E-state index contributed by atoms with van der Waals surface area (Å²) in [7, 11) is 0. The van der Waals surface area contributed by atoms with E-state index in [0.29, 0.717) is 23.5 Å². The van der Waals surface area contributed by atoms with Crippen LogP contribution in [-0.4, -0.2) is 11.9 Å². The van der Waals surface area contributed by atoms with Crippen molar-refractivity contribution in [2.24, 2.45) is 29.4 Å². The molecule has 0 spiro atoms.